The first-order valence-corrected chi connectivity index (χ1v) is 18.0. The molecule has 47 heavy (non-hydrogen) atoms. The van der Waals surface area contributed by atoms with E-state index in [0.29, 0.717) is 42.8 Å². The zero-order chi connectivity index (χ0) is 32.8. The Balaban J connectivity index is 1.13. The van der Waals surface area contributed by atoms with Gasteiger partial charge in [0.2, 0.25) is 23.1 Å². The third-order valence-electron chi connectivity index (χ3n) is 9.44. The van der Waals surface area contributed by atoms with Gasteiger partial charge in [-0.25, -0.2) is 8.42 Å². The highest BCUT2D eigenvalue weighted by Crippen LogP contribution is 2.39. The number of aliphatic hydroxyl groups excluding tert-OH is 1. The Morgan fingerprint density at radius 1 is 0.979 bits per heavy atom. The Morgan fingerprint density at radius 2 is 1.72 bits per heavy atom. The average Bonchev–Trinajstić information content (AvgIpc) is 3.59. The van der Waals surface area contributed by atoms with Crippen LogP contribution in [-0.4, -0.2) is 112 Å². The summed E-state index contributed by atoms with van der Waals surface area (Å²) in [7, 11) is -2.40. The average molecular weight is 672 g/mol. The number of ether oxygens (including phenoxy) is 5. The molecule has 12 nitrogen and oxygen atoms in total. The summed E-state index contributed by atoms with van der Waals surface area (Å²) >= 11 is 0. The van der Waals surface area contributed by atoms with Crippen molar-refractivity contribution in [2.75, 3.05) is 66.4 Å². The summed E-state index contributed by atoms with van der Waals surface area (Å²) in [6.45, 7) is 3.31. The van der Waals surface area contributed by atoms with Crippen LogP contribution in [-0.2, 0) is 24.3 Å². The number of hydrogen-bond donors (Lipinski definition) is 1. The number of carbonyl (C=O) groups excluding carboxylic acids is 1. The van der Waals surface area contributed by atoms with Gasteiger partial charge in [-0.15, -0.1) is 0 Å². The minimum atomic E-state index is -3.91. The molecular formula is C34H45N3O9S. The zero-order valence-electron chi connectivity index (χ0n) is 26.9. The number of sulfonamides is 1. The molecule has 4 aliphatic rings. The van der Waals surface area contributed by atoms with Crippen molar-refractivity contribution in [3.8, 4) is 17.2 Å². The Kier molecular flexibility index (Phi) is 10.9. The Morgan fingerprint density at radius 3 is 2.45 bits per heavy atom. The largest absolute Gasteiger partial charge is 0.497 e. The van der Waals surface area contributed by atoms with Crippen LogP contribution >= 0.6 is 0 Å². The molecule has 4 aliphatic heterocycles. The molecule has 0 bridgehead atoms. The molecule has 2 aromatic carbocycles. The summed E-state index contributed by atoms with van der Waals surface area (Å²) < 4.78 is 56.5. The molecule has 0 radical (unpaired) electrons. The van der Waals surface area contributed by atoms with Gasteiger partial charge in [0, 0.05) is 44.6 Å². The molecule has 0 saturated carbocycles. The summed E-state index contributed by atoms with van der Waals surface area (Å²) in [5, 5.41) is 9.65. The number of allylic oxidation sites excluding steroid dienone is 1. The lowest BCUT2D eigenvalue weighted by Gasteiger charge is -2.40. The lowest BCUT2D eigenvalue weighted by Crippen LogP contribution is -2.49. The number of hydrogen-bond acceptors (Lipinski definition) is 10. The van der Waals surface area contributed by atoms with Crippen molar-refractivity contribution in [3.63, 3.8) is 0 Å². The van der Waals surface area contributed by atoms with Crippen LogP contribution in [0, 0.1) is 0 Å². The molecule has 13 heteroatoms. The summed E-state index contributed by atoms with van der Waals surface area (Å²) in [6.07, 6.45) is 7.15. The van der Waals surface area contributed by atoms with E-state index in [0.717, 1.165) is 31.5 Å². The van der Waals surface area contributed by atoms with Gasteiger partial charge in [-0.3, -0.25) is 4.79 Å². The van der Waals surface area contributed by atoms with Crippen molar-refractivity contribution in [1.29, 1.82) is 0 Å². The summed E-state index contributed by atoms with van der Waals surface area (Å²) in [4.78, 5) is 18.4. The van der Waals surface area contributed by atoms with E-state index in [-0.39, 0.29) is 55.6 Å². The SMILES string of the molecule is COc1ccc(S(=O)(=O)N(CCO)CCO[C@H]2C[C@@H](c3ccc4c(c3)OCO4)C=C(C(=O)N3CCC(N4CCCCC4)CC3)O2)cc1. The van der Waals surface area contributed by atoms with Gasteiger partial charge in [-0.2, -0.15) is 4.31 Å². The standard InChI is InChI=1S/C34H45N3O9S/c1-42-28-6-8-29(9-7-28)47(40,41)37(17-19-38)18-20-43-33-23-26(25-5-10-30-31(21-25)45-24-44-30)22-32(46-33)34(39)36-15-11-27(12-16-36)35-13-3-2-4-14-35/h5-10,21-22,26-27,33,38H,2-4,11-20,23-24H2,1H3/t26-,33+/m0/s1. The smallest absolute Gasteiger partial charge is 0.288 e. The Bertz CT molecular complexity index is 1500. The van der Waals surface area contributed by atoms with Crippen LogP contribution in [0.1, 0.15) is 50.0 Å². The number of nitrogens with zero attached hydrogens (tertiary/aromatic N) is 3. The molecule has 1 N–H and O–H groups in total. The zero-order valence-corrected chi connectivity index (χ0v) is 27.7. The Labute approximate surface area is 276 Å². The number of aliphatic hydroxyl groups is 1. The number of methoxy groups -OCH3 is 1. The molecule has 2 aromatic rings. The predicted octanol–water partition coefficient (Wildman–Crippen LogP) is 3.31. The fourth-order valence-corrected chi connectivity index (χ4v) is 8.22. The topological polar surface area (TPSA) is 127 Å². The predicted molar refractivity (Wildman–Crippen MR) is 173 cm³/mol. The second-order valence-corrected chi connectivity index (χ2v) is 14.3. The van der Waals surface area contributed by atoms with Crippen molar-refractivity contribution in [3.05, 3.63) is 59.9 Å². The first-order chi connectivity index (χ1) is 22.9. The fraction of sp³-hybridized carbons (Fsp3) is 0.559. The maximum Gasteiger partial charge on any atom is 0.288 e. The molecule has 6 rings (SSSR count). The van der Waals surface area contributed by atoms with Gasteiger partial charge in [-0.1, -0.05) is 12.5 Å². The molecule has 4 heterocycles. The van der Waals surface area contributed by atoms with Crippen LogP contribution < -0.4 is 14.2 Å². The van der Waals surface area contributed by atoms with Gasteiger partial charge < -0.3 is 38.6 Å². The van der Waals surface area contributed by atoms with E-state index < -0.39 is 16.3 Å². The normalized spacial score (nSPS) is 22.2. The number of piperidine rings is 2. The van der Waals surface area contributed by atoms with Crippen molar-refractivity contribution in [1.82, 2.24) is 14.1 Å². The lowest BCUT2D eigenvalue weighted by atomic mass is 9.92. The van der Waals surface area contributed by atoms with Crippen molar-refractivity contribution >= 4 is 15.9 Å². The van der Waals surface area contributed by atoms with E-state index in [2.05, 4.69) is 4.90 Å². The summed E-state index contributed by atoms with van der Waals surface area (Å²) in [5.41, 5.74) is 0.934. The van der Waals surface area contributed by atoms with E-state index in [4.69, 9.17) is 23.7 Å². The monoisotopic (exact) mass is 671 g/mol. The van der Waals surface area contributed by atoms with Crippen LogP contribution in [0.15, 0.2) is 59.2 Å². The summed E-state index contributed by atoms with van der Waals surface area (Å²) in [5.74, 6) is 1.73. The third kappa shape index (κ3) is 7.86. The van der Waals surface area contributed by atoms with E-state index in [1.165, 1.54) is 42.8 Å². The first-order valence-electron chi connectivity index (χ1n) is 16.5. The number of amides is 1. The maximum absolute atomic E-state index is 13.8. The molecule has 2 atom stereocenters. The number of carbonyl (C=O) groups is 1. The van der Waals surface area contributed by atoms with Crippen molar-refractivity contribution in [2.24, 2.45) is 0 Å². The molecule has 256 valence electrons. The maximum atomic E-state index is 13.8. The van der Waals surface area contributed by atoms with Crippen molar-refractivity contribution < 1.29 is 42.0 Å². The quantitative estimate of drug-likeness (QED) is 0.359. The highest BCUT2D eigenvalue weighted by molar-refractivity contribution is 7.89. The number of rotatable bonds is 12. The molecule has 0 spiro atoms. The van der Waals surface area contributed by atoms with Crippen LogP contribution in [0.25, 0.3) is 0 Å². The van der Waals surface area contributed by atoms with Crippen LogP contribution in [0.3, 0.4) is 0 Å². The molecule has 0 aromatic heterocycles. The van der Waals surface area contributed by atoms with E-state index in [1.54, 1.807) is 12.1 Å². The summed E-state index contributed by atoms with van der Waals surface area (Å²) in [6, 6.07) is 12.3. The second-order valence-electron chi connectivity index (χ2n) is 12.3. The third-order valence-corrected chi connectivity index (χ3v) is 11.4. The van der Waals surface area contributed by atoms with E-state index >= 15 is 0 Å². The van der Waals surface area contributed by atoms with Crippen LogP contribution in [0.4, 0.5) is 0 Å². The molecule has 2 fully saturated rings. The fourth-order valence-electron chi connectivity index (χ4n) is 6.81. The minimum absolute atomic E-state index is 0.00336. The number of benzene rings is 2. The Hall–Kier alpha value is -3.36. The lowest BCUT2D eigenvalue weighted by molar-refractivity contribution is -0.153. The van der Waals surface area contributed by atoms with Crippen LogP contribution in [0.5, 0.6) is 17.2 Å². The minimum Gasteiger partial charge on any atom is -0.497 e. The molecular weight excluding hydrogens is 626 g/mol. The van der Waals surface area contributed by atoms with Gasteiger partial charge >= 0.3 is 0 Å². The van der Waals surface area contributed by atoms with Gasteiger partial charge in [0.15, 0.2) is 17.3 Å². The number of likely N-dealkylation sites (tertiary alicyclic amines) is 2. The van der Waals surface area contributed by atoms with Crippen molar-refractivity contribution in [2.45, 2.75) is 61.7 Å². The van der Waals surface area contributed by atoms with E-state index in [1.807, 2.05) is 29.2 Å². The highest BCUT2D eigenvalue weighted by Gasteiger charge is 2.35. The van der Waals surface area contributed by atoms with Crippen LogP contribution in [0.2, 0.25) is 0 Å². The molecule has 0 unspecified atom stereocenters. The van der Waals surface area contributed by atoms with E-state index in [9.17, 15) is 18.3 Å². The van der Waals surface area contributed by atoms with Gasteiger partial charge in [-0.05, 0) is 86.8 Å². The molecule has 2 saturated heterocycles. The molecule has 1 amide bonds. The highest BCUT2D eigenvalue weighted by atomic mass is 32.2. The van der Waals surface area contributed by atoms with Gasteiger partial charge in [0.25, 0.3) is 5.91 Å². The molecule has 0 aliphatic carbocycles. The van der Waals surface area contributed by atoms with Gasteiger partial charge in [0.05, 0.1) is 25.2 Å². The first kappa shape index (κ1) is 33.5. The second kappa shape index (κ2) is 15.2. The number of fused-ring (bicyclic) bond motifs is 1. The van der Waals surface area contributed by atoms with Gasteiger partial charge in [0.1, 0.15) is 5.75 Å².